The summed E-state index contributed by atoms with van der Waals surface area (Å²) in [6, 6.07) is 12.1. The fraction of sp³-hybridized carbons (Fsp3) is 0.444. The second kappa shape index (κ2) is 6.04. The van der Waals surface area contributed by atoms with Gasteiger partial charge >= 0.3 is 0 Å². The molecule has 0 bridgehead atoms. The Bertz CT molecular complexity index is 621. The minimum Gasteiger partial charge on any atom is -0.490 e. The molecule has 1 aliphatic heterocycles. The average Bonchev–Trinajstić information content (AvgIpc) is 2.90. The smallest absolute Gasteiger partial charge is 0.133 e. The second-order valence-electron chi connectivity index (χ2n) is 5.84. The maximum absolute atomic E-state index is 9.99. The topological polar surface area (TPSA) is 38.7 Å². The van der Waals surface area contributed by atoms with E-state index in [-0.39, 0.29) is 6.10 Å². The van der Waals surface area contributed by atoms with Crippen LogP contribution in [0, 0.1) is 0 Å². The van der Waals surface area contributed by atoms with Gasteiger partial charge in [0.1, 0.15) is 12.4 Å². The second-order valence-corrected chi connectivity index (χ2v) is 5.84. The molecule has 1 fully saturated rings. The van der Waals surface area contributed by atoms with Crippen LogP contribution >= 0.6 is 0 Å². The van der Waals surface area contributed by atoms with E-state index in [2.05, 4.69) is 13.0 Å². The van der Waals surface area contributed by atoms with Crippen LogP contribution in [0.3, 0.4) is 0 Å². The SMILES string of the molecule is CC1CCC(COc2c([C@@H](C)O)ccc3ccccc23)O1. The standard InChI is InChI=1S/C18H22O3/c1-12-7-9-15(21-12)11-20-18-16(13(2)19)10-8-14-5-3-4-6-17(14)18/h3-6,8,10,12-13,15,19H,7,9,11H2,1-2H3/t12?,13-,15?/m1/s1. The van der Waals surface area contributed by atoms with Gasteiger partial charge in [0, 0.05) is 10.9 Å². The van der Waals surface area contributed by atoms with Crippen molar-refractivity contribution >= 4 is 10.8 Å². The molecule has 0 amide bonds. The first-order chi connectivity index (χ1) is 10.1. The summed E-state index contributed by atoms with van der Waals surface area (Å²) >= 11 is 0. The van der Waals surface area contributed by atoms with Crippen molar-refractivity contribution in [3.63, 3.8) is 0 Å². The van der Waals surface area contributed by atoms with E-state index in [1.165, 1.54) is 0 Å². The molecule has 2 aromatic rings. The van der Waals surface area contributed by atoms with Crippen molar-refractivity contribution in [2.45, 2.75) is 45.0 Å². The molecule has 0 spiro atoms. The zero-order valence-electron chi connectivity index (χ0n) is 12.6. The minimum absolute atomic E-state index is 0.154. The Morgan fingerprint density at radius 2 is 2.05 bits per heavy atom. The number of aliphatic hydroxyl groups is 1. The first-order valence-electron chi connectivity index (χ1n) is 7.63. The van der Waals surface area contributed by atoms with Crippen LogP contribution in [0.1, 0.15) is 38.4 Å². The van der Waals surface area contributed by atoms with Gasteiger partial charge in [-0.25, -0.2) is 0 Å². The predicted molar refractivity (Wildman–Crippen MR) is 83.6 cm³/mol. The van der Waals surface area contributed by atoms with E-state index >= 15 is 0 Å². The highest BCUT2D eigenvalue weighted by atomic mass is 16.5. The van der Waals surface area contributed by atoms with Gasteiger partial charge < -0.3 is 14.6 Å². The molecule has 0 aliphatic carbocycles. The summed E-state index contributed by atoms with van der Waals surface area (Å²) in [6.07, 6.45) is 2.05. The largest absolute Gasteiger partial charge is 0.490 e. The van der Waals surface area contributed by atoms with Crippen molar-refractivity contribution in [2.75, 3.05) is 6.61 Å². The number of benzene rings is 2. The van der Waals surface area contributed by atoms with Crippen LogP contribution in [0.4, 0.5) is 0 Å². The summed E-state index contributed by atoms with van der Waals surface area (Å²) in [4.78, 5) is 0. The number of ether oxygens (including phenoxy) is 2. The molecule has 21 heavy (non-hydrogen) atoms. The van der Waals surface area contributed by atoms with E-state index in [1.54, 1.807) is 6.92 Å². The van der Waals surface area contributed by atoms with Gasteiger partial charge in [0.05, 0.1) is 18.3 Å². The highest BCUT2D eigenvalue weighted by Gasteiger charge is 2.23. The molecule has 3 nitrogen and oxygen atoms in total. The third-order valence-electron chi connectivity index (χ3n) is 4.09. The van der Waals surface area contributed by atoms with Gasteiger partial charge in [0.15, 0.2) is 0 Å². The van der Waals surface area contributed by atoms with Gasteiger partial charge in [-0.15, -0.1) is 0 Å². The molecule has 2 aromatic carbocycles. The molecule has 1 heterocycles. The molecular formula is C18H22O3. The number of rotatable bonds is 4. The lowest BCUT2D eigenvalue weighted by Gasteiger charge is -2.18. The van der Waals surface area contributed by atoms with Gasteiger partial charge in [-0.2, -0.15) is 0 Å². The van der Waals surface area contributed by atoms with E-state index in [0.29, 0.717) is 12.7 Å². The first-order valence-corrected chi connectivity index (χ1v) is 7.63. The van der Waals surface area contributed by atoms with E-state index in [0.717, 1.165) is 34.9 Å². The zero-order chi connectivity index (χ0) is 14.8. The van der Waals surface area contributed by atoms with E-state index < -0.39 is 6.10 Å². The molecule has 3 atom stereocenters. The quantitative estimate of drug-likeness (QED) is 0.928. The number of hydrogen-bond acceptors (Lipinski definition) is 3. The molecule has 0 saturated carbocycles. The summed E-state index contributed by atoms with van der Waals surface area (Å²) in [5.41, 5.74) is 0.833. The maximum atomic E-state index is 9.99. The third-order valence-corrected chi connectivity index (χ3v) is 4.09. The molecule has 1 N–H and O–H groups in total. The third kappa shape index (κ3) is 3.04. The zero-order valence-corrected chi connectivity index (χ0v) is 12.6. The molecule has 3 heteroatoms. The molecule has 1 aliphatic rings. The van der Waals surface area contributed by atoms with Crippen LogP contribution in [-0.2, 0) is 4.74 Å². The van der Waals surface area contributed by atoms with Gasteiger partial charge in [0.25, 0.3) is 0 Å². The molecule has 0 aromatic heterocycles. The van der Waals surface area contributed by atoms with Crippen LogP contribution in [0.15, 0.2) is 36.4 Å². The van der Waals surface area contributed by atoms with Crippen molar-refractivity contribution in [2.24, 2.45) is 0 Å². The summed E-state index contributed by atoms with van der Waals surface area (Å²) < 4.78 is 11.9. The monoisotopic (exact) mass is 286 g/mol. The maximum Gasteiger partial charge on any atom is 0.133 e. The van der Waals surface area contributed by atoms with Gasteiger partial charge in [-0.05, 0) is 32.1 Å². The Morgan fingerprint density at radius 3 is 2.76 bits per heavy atom. The van der Waals surface area contributed by atoms with Crippen molar-refractivity contribution in [3.05, 3.63) is 42.0 Å². The lowest BCUT2D eigenvalue weighted by Crippen LogP contribution is -2.18. The fourth-order valence-corrected chi connectivity index (χ4v) is 2.93. The Hall–Kier alpha value is -1.58. The van der Waals surface area contributed by atoms with Crippen LogP contribution in [-0.4, -0.2) is 23.9 Å². The molecule has 1 saturated heterocycles. The highest BCUT2D eigenvalue weighted by molar-refractivity contribution is 5.89. The molecule has 2 unspecified atom stereocenters. The Balaban J connectivity index is 1.89. The van der Waals surface area contributed by atoms with Gasteiger partial charge in [-0.3, -0.25) is 0 Å². The highest BCUT2D eigenvalue weighted by Crippen LogP contribution is 2.34. The number of fused-ring (bicyclic) bond motifs is 1. The molecule has 112 valence electrons. The lowest BCUT2D eigenvalue weighted by molar-refractivity contribution is 0.0260. The fourth-order valence-electron chi connectivity index (χ4n) is 2.93. The predicted octanol–water partition coefficient (Wildman–Crippen LogP) is 3.84. The Labute approximate surface area is 125 Å². The Kier molecular flexibility index (Phi) is 4.13. The lowest BCUT2D eigenvalue weighted by atomic mass is 10.0. The number of hydrogen-bond donors (Lipinski definition) is 1. The van der Waals surface area contributed by atoms with Gasteiger partial charge in [0.2, 0.25) is 0 Å². The summed E-state index contributed by atoms with van der Waals surface area (Å²) in [5, 5.41) is 12.2. The van der Waals surface area contributed by atoms with E-state index in [4.69, 9.17) is 9.47 Å². The van der Waals surface area contributed by atoms with Crippen molar-refractivity contribution in [1.29, 1.82) is 0 Å². The first kappa shape index (κ1) is 14.4. The molecule has 3 rings (SSSR count). The van der Waals surface area contributed by atoms with Crippen LogP contribution in [0.2, 0.25) is 0 Å². The van der Waals surface area contributed by atoms with Crippen molar-refractivity contribution < 1.29 is 14.6 Å². The van der Waals surface area contributed by atoms with Crippen LogP contribution in [0.5, 0.6) is 5.75 Å². The average molecular weight is 286 g/mol. The summed E-state index contributed by atoms with van der Waals surface area (Å²) in [7, 11) is 0. The normalized spacial score (nSPS) is 23.4. The van der Waals surface area contributed by atoms with Crippen LogP contribution < -0.4 is 4.74 Å². The molecule has 0 radical (unpaired) electrons. The van der Waals surface area contributed by atoms with Crippen molar-refractivity contribution in [1.82, 2.24) is 0 Å². The Morgan fingerprint density at radius 1 is 1.24 bits per heavy atom. The summed E-state index contributed by atoms with van der Waals surface area (Å²) in [6.45, 7) is 4.41. The van der Waals surface area contributed by atoms with Crippen LogP contribution in [0.25, 0.3) is 10.8 Å². The molecular weight excluding hydrogens is 264 g/mol. The minimum atomic E-state index is -0.548. The van der Waals surface area contributed by atoms with Gasteiger partial charge in [-0.1, -0.05) is 36.4 Å². The number of aliphatic hydroxyl groups excluding tert-OH is 1. The van der Waals surface area contributed by atoms with E-state index in [1.807, 2.05) is 30.3 Å². The summed E-state index contributed by atoms with van der Waals surface area (Å²) in [5.74, 6) is 0.784. The van der Waals surface area contributed by atoms with E-state index in [9.17, 15) is 5.11 Å². The van der Waals surface area contributed by atoms with Crippen molar-refractivity contribution in [3.8, 4) is 5.75 Å².